The average molecular weight is 563 g/mol. The van der Waals surface area contributed by atoms with Crippen LogP contribution in [-0.4, -0.2) is 66.0 Å². The van der Waals surface area contributed by atoms with Gasteiger partial charge >= 0.3 is 19.4 Å². The Hall–Kier alpha value is -3.47. The number of ether oxygens (including phenoxy) is 3. The fourth-order valence-electron chi connectivity index (χ4n) is 4.06. The number of H-pyrrole nitrogens is 1. The number of hydrogen-bond acceptors (Lipinski definition) is 8. The summed E-state index contributed by atoms with van der Waals surface area (Å²) in [5, 5.41) is 10.4. The Morgan fingerprint density at radius 1 is 0.902 bits per heavy atom. The molecule has 10 heteroatoms. The molecule has 1 heterocycles. The van der Waals surface area contributed by atoms with Crippen LogP contribution >= 0.6 is 0 Å². The molecule has 1 aromatic heterocycles. The van der Waals surface area contributed by atoms with E-state index in [4.69, 9.17) is 18.9 Å². The van der Waals surface area contributed by atoms with E-state index in [1.54, 1.807) is 53.5 Å². The van der Waals surface area contributed by atoms with Gasteiger partial charge in [-0.05, 0) is 83.6 Å². The molecule has 0 saturated heterocycles. The van der Waals surface area contributed by atoms with Crippen LogP contribution in [0.2, 0.25) is 0 Å². The lowest BCUT2D eigenvalue weighted by atomic mass is 9.79. The van der Waals surface area contributed by atoms with Crippen molar-refractivity contribution < 1.29 is 33.6 Å². The van der Waals surface area contributed by atoms with Crippen LogP contribution in [0.5, 0.6) is 0 Å². The number of nitrogens with zero attached hydrogens (tertiary/aromatic N) is 1. The van der Waals surface area contributed by atoms with Gasteiger partial charge in [0.25, 0.3) is 0 Å². The molecule has 2 N–H and O–H groups in total. The van der Waals surface area contributed by atoms with Crippen LogP contribution in [0.4, 0.5) is 0 Å². The number of benzene rings is 2. The Bertz CT molecular complexity index is 1410. The van der Waals surface area contributed by atoms with Crippen molar-refractivity contribution in [3.63, 3.8) is 0 Å². The third-order valence-electron chi connectivity index (χ3n) is 7.38. The van der Waals surface area contributed by atoms with Crippen LogP contribution in [0, 0.1) is 27.7 Å². The van der Waals surface area contributed by atoms with E-state index in [0.717, 1.165) is 39.0 Å². The topological polar surface area (TPSA) is 120 Å². The summed E-state index contributed by atoms with van der Waals surface area (Å²) in [6.45, 7) is 15.0. The van der Waals surface area contributed by atoms with Crippen molar-refractivity contribution in [3.8, 4) is 11.3 Å². The normalized spacial score (nSPS) is 11.9. The van der Waals surface area contributed by atoms with E-state index >= 15 is 0 Å². The summed E-state index contributed by atoms with van der Waals surface area (Å²) >= 11 is 0. The second kappa shape index (κ2) is 13.0. The zero-order chi connectivity index (χ0) is 30.5. The smallest absolute Gasteiger partial charge is 0.338 e. The van der Waals surface area contributed by atoms with E-state index in [1.165, 1.54) is 7.11 Å². The van der Waals surface area contributed by atoms with Gasteiger partial charge in [0.05, 0.1) is 47.9 Å². The fourth-order valence-corrected chi connectivity index (χ4v) is 4.06. The van der Waals surface area contributed by atoms with E-state index in [2.05, 4.69) is 9.97 Å². The summed E-state index contributed by atoms with van der Waals surface area (Å²) in [4.78, 5) is 32.5. The van der Waals surface area contributed by atoms with Gasteiger partial charge in [0.1, 0.15) is 19.0 Å². The number of aryl methyl sites for hydroxylation is 4. The number of rotatable bonds is 12. The molecule has 0 atom stereocenters. The lowest BCUT2D eigenvalue weighted by Crippen LogP contribution is -2.49. The second-order valence-corrected chi connectivity index (χ2v) is 11.2. The molecule has 3 aromatic rings. The van der Waals surface area contributed by atoms with Crippen LogP contribution in [0.3, 0.4) is 0 Å². The van der Waals surface area contributed by atoms with Gasteiger partial charge in [-0.25, -0.2) is 14.6 Å². The summed E-state index contributed by atoms with van der Waals surface area (Å²) in [5.41, 5.74) is 4.95. The number of hydrogen-bond donors (Lipinski definition) is 2. The summed E-state index contributed by atoms with van der Waals surface area (Å²) in [6.07, 6.45) is 1.69. The van der Waals surface area contributed by atoms with Crippen molar-refractivity contribution in [1.29, 1.82) is 0 Å². The van der Waals surface area contributed by atoms with Crippen molar-refractivity contribution in [2.24, 2.45) is 0 Å². The third-order valence-corrected chi connectivity index (χ3v) is 7.38. The van der Waals surface area contributed by atoms with Gasteiger partial charge in [-0.15, -0.1) is 0 Å². The minimum atomic E-state index is -1.06. The molecule has 1 radical (unpaired) electrons. The van der Waals surface area contributed by atoms with Crippen molar-refractivity contribution in [2.45, 2.75) is 73.2 Å². The highest BCUT2D eigenvalue weighted by atomic mass is 16.6. The highest BCUT2D eigenvalue weighted by Crippen LogP contribution is 2.26. The first kappa shape index (κ1) is 32.1. The number of nitrogens with one attached hydrogen (secondary N) is 1. The maximum atomic E-state index is 12.8. The molecule has 0 aliphatic heterocycles. The SMILES string of the molecule is COC(=O)c1cc(-c2cnc(COCCOC(=O)c3cc([B]OC(C)(C)C(C)(C)O)c(C)cc3C)[nH]2)c(C)cc1C. The zero-order valence-corrected chi connectivity index (χ0v) is 25.4. The van der Waals surface area contributed by atoms with Crippen molar-refractivity contribution >= 4 is 24.9 Å². The molecule has 0 aliphatic rings. The molecule has 219 valence electrons. The molecular formula is C31H40BN2O7. The Balaban J connectivity index is 1.55. The van der Waals surface area contributed by atoms with Crippen LogP contribution in [0.1, 0.15) is 76.5 Å². The van der Waals surface area contributed by atoms with Gasteiger partial charge in [-0.2, -0.15) is 0 Å². The Morgan fingerprint density at radius 2 is 1.54 bits per heavy atom. The molecule has 0 saturated carbocycles. The molecule has 3 rings (SSSR count). The van der Waals surface area contributed by atoms with Crippen LogP contribution in [-0.2, 0) is 25.5 Å². The lowest BCUT2D eigenvalue weighted by Gasteiger charge is -2.37. The van der Waals surface area contributed by atoms with Crippen LogP contribution in [0.15, 0.2) is 30.5 Å². The Morgan fingerprint density at radius 3 is 2.17 bits per heavy atom. The monoisotopic (exact) mass is 563 g/mol. The van der Waals surface area contributed by atoms with Crippen molar-refractivity contribution in [3.05, 3.63) is 69.7 Å². The van der Waals surface area contributed by atoms with Gasteiger partial charge in [0, 0.05) is 5.56 Å². The van der Waals surface area contributed by atoms with E-state index in [0.29, 0.717) is 17.0 Å². The van der Waals surface area contributed by atoms with Crippen molar-refractivity contribution in [1.82, 2.24) is 9.97 Å². The highest BCUT2D eigenvalue weighted by Gasteiger charge is 2.36. The van der Waals surface area contributed by atoms with Gasteiger partial charge in [-0.1, -0.05) is 23.8 Å². The van der Waals surface area contributed by atoms with E-state index in [-0.39, 0.29) is 25.8 Å². The van der Waals surface area contributed by atoms with E-state index in [9.17, 15) is 14.7 Å². The van der Waals surface area contributed by atoms with Crippen LogP contribution in [0.25, 0.3) is 11.3 Å². The lowest BCUT2D eigenvalue weighted by molar-refractivity contribution is -0.0893. The van der Waals surface area contributed by atoms with Gasteiger partial charge in [-0.3, -0.25) is 0 Å². The number of carbonyl (C=O) groups is 2. The number of aliphatic hydroxyl groups is 1. The number of methoxy groups -OCH3 is 1. The van der Waals surface area contributed by atoms with Gasteiger partial charge < -0.3 is 29.0 Å². The van der Waals surface area contributed by atoms with E-state index < -0.39 is 17.2 Å². The van der Waals surface area contributed by atoms with Gasteiger partial charge in [0.15, 0.2) is 0 Å². The number of imidazole rings is 1. The number of aromatic nitrogens is 2. The average Bonchev–Trinajstić information content (AvgIpc) is 3.35. The van der Waals surface area contributed by atoms with Gasteiger partial charge in [0.2, 0.25) is 0 Å². The molecule has 0 spiro atoms. The standard InChI is InChI=1S/C31H40BN2O7/c1-18-12-19(2)23(28(35)38-9)14-22(18)26-16-33-27(34-26)17-39-10-11-40-29(36)24-15-25(21(4)13-20(24)3)32-41-31(7,8)30(5,6)37/h12-16,37H,10-11,17H2,1-9H3,(H,33,34). The molecule has 0 aliphatic carbocycles. The minimum absolute atomic E-state index is 0.0700. The minimum Gasteiger partial charge on any atom is -0.465 e. The Labute approximate surface area is 242 Å². The summed E-state index contributed by atoms with van der Waals surface area (Å²) in [5.74, 6) is -0.243. The number of carbonyl (C=O) groups excluding carboxylic acids is 2. The highest BCUT2D eigenvalue weighted by molar-refractivity contribution is 6.48. The molecule has 0 fully saturated rings. The molecular weight excluding hydrogens is 523 g/mol. The predicted molar refractivity (Wildman–Crippen MR) is 158 cm³/mol. The fraction of sp³-hybridized carbons (Fsp3) is 0.452. The molecule has 0 amide bonds. The first-order valence-corrected chi connectivity index (χ1v) is 13.5. The van der Waals surface area contributed by atoms with E-state index in [1.807, 2.05) is 39.8 Å². The molecule has 0 bridgehead atoms. The summed E-state index contributed by atoms with van der Waals surface area (Å²) in [7, 11) is 2.93. The molecule has 2 aromatic carbocycles. The third kappa shape index (κ3) is 7.84. The summed E-state index contributed by atoms with van der Waals surface area (Å²) < 4.78 is 21.9. The van der Waals surface area contributed by atoms with Crippen molar-refractivity contribution in [2.75, 3.05) is 20.3 Å². The second-order valence-electron chi connectivity index (χ2n) is 11.2. The quantitative estimate of drug-likeness (QED) is 0.190. The first-order valence-electron chi connectivity index (χ1n) is 13.5. The molecule has 9 nitrogen and oxygen atoms in total. The number of aromatic amines is 1. The maximum Gasteiger partial charge on any atom is 0.338 e. The molecule has 0 unspecified atom stereocenters. The largest absolute Gasteiger partial charge is 0.465 e. The first-order chi connectivity index (χ1) is 19.1. The molecule has 41 heavy (non-hydrogen) atoms. The summed E-state index contributed by atoms with van der Waals surface area (Å²) in [6, 6.07) is 7.37. The zero-order valence-electron chi connectivity index (χ0n) is 25.4. The van der Waals surface area contributed by atoms with Crippen LogP contribution < -0.4 is 5.46 Å². The maximum absolute atomic E-state index is 12.8. The Kier molecular flexibility index (Phi) is 10.2. The predicted octanol–water partition coefficient (Wildman–Crippen LogP) is 4.28. The number of esters is 2.